The Kier molecular flexibility index (Phi) is 3.86. The third kappa shape index (κ3) is 2.86. The topological polar surface area (TPSA) is 78.3 Å². The van der Waals surface area contributed by atoms with Crippen molar-refractivity contribution in [2.75, 3.05) is 5.73 Å². The van der Waals surface area contributed by atoms with E-state index < -0.39 is 5.91 Å². The van der Waals surface area contributed by atoms with Crippen LogP contribution in [0.2, 0.25) is 5.02 Å². The minimum absolute atomic E-state index is 0.163. The number of hydrogen-bond acceptors (Lipinski definition) is 3. The van der Waals surface area contributed by atoms with Crippen LogP contribution in [0, 0.1) is 13.8 Å². The maximum absolute atomic E-state index is 11.5. The van der Waals surface area contributed by atoms with Crippen LogP contribution in [0.4, 0.5) is 5.69 Å². The number of carbonyl (C=O) groups is 1. The number of rotatable bonds is 3. The van der Waals surface area contributed by atoms with Crippen molar-refractivity contribution in [3.63, 3.8) is 0 Å². The van der Waals surface area contributed by atoms with Gasteiger partial charge in [-0.2, -0.15) is 0 Å². The molecular weight excluding hydrogens is 276 g/mol. The van der Waals surface area contributed by atoms with Crippen LogP contribution >= 0.6 is 11.6 Å². The minimum Gasteiger partial charge on any atom is -0.455 e. The molecule has 2 aromatic carbocycles. The van der Waals surface area contributed by atoms with Crippen LogP contribution in [0.1, 0.15) is 21.5 Å². The first-order valence-corrected chi connectivity index (χ1v) is 6.40. The third-order valence-corrected chi connectivity index (χ3v) is 3.17. The van der Waals surface area contributed by atoms with E-state index in [1.807, 2.05) is 32.0 Å². The molecule has 20 heavy (non-hydrogen) atoms. The minimum atomic E-state index is -0.639. The normalized spacial score (nSPS) is 10.3. The van der Waals surface area contributed by atoms with Crippen molar-refractivity contribution in [2.24, 2.45) is 5.73 Å². The van der Waals surface area contributed by atoms with Gasteiger partial charge >= 0.3 is 0 Å². The molecule has 2 aromatic rings. The zero-order valence-electron chi connectivity index (χ0n) is 11.2. The Morgan fingerprint density at radius 3 is 2.55 bits per heavy atom. The third-order valence-electron chi connectivity index (χ3n) is 2.89. The van der Waals surface area contributed by atoms with E-state index in [1.54, 1.807) is 0 Å². The van der Waals surface area contributed by atoms with Gasteiger partial charge in [-0.25, -0.2) is 0 Å². The quantitative estimate of drug-likeness (QED) is 0.850. The standard InChI is InChI=1S/C15H15ClN2O2/c1-8-3-4-9(2)13(5-8)20-14-11(15(18)19)6-10(17)7-12(14)16/h3-7H,17H2,1-2H3,(H2,18,19). The molecular formula is C15H15ClN2O2. The van der Waals surface area contributed by atoms with E-state index in [2.05, 4.69) is 0 Å². The van der Waals surface area contributed by atoms with Crippen molar-refractivity contribution in [1.29, 1.82) is 0 Å². The van der Waals surface area contributed by atoms with Gasteiger partial charge in [-0.05, 0) is 43.2 Å². The van der Waals surface area contributed by atoms with Crippen molar-refractivity contribution >= 4 is 23.2 Å². The molecule has 4 nitrogen and oxygen atoms in total. The van der Waals surface area contributed by atoms with Crippen LogP contribution in [-0.4, -0.2) is 5.91 Å². The first-order chi connectivity index (χ1) is 9.38. The second kappa shape index (κ2) is 5.43. The number of primary amides is 1. The van der Waals surface area contributed by atoms with E-state index in [-0.39, 0.29) is 16.3 Å². The Morgan fingerprint density at radius 2 is 1.90 bits per heavy atom. The highest BCUT2D eigenvalue weighted by Gasteiger charge is 2.16. The Morgan fingerprint density at radius 1 is 1.20 bits per heavy atom. The number of nitrogens with two attached hydrogens (primary N) is 2. The van der Waals surface area contributed by atoms with Gasteiger partial charge in [0.15, 0.2) is 5.75 Å². The van der Waals surface area contributed by atoms with Crippen LogP contribution < -0.4 is 16.2 Å². The van der Waals surface area contributed by atoms with Crippen LogP contribution in [0.25, 0.3) is 0 Å². The highest BCUT2D eigenvalue weighted by Crippen LogP contribution is 2.36. The molecule has 5 heteroatoms. The molecule has 0 heterocycles. The monoisotopic (exact) mass is 290 g/mol. The molecule has 0 saturated heterocycles. The maximum Gasteiger partial charge on any atom is 0.252 e. The molecule has 0 bridgehead atoms. The van der Waals surface area contributed by atoms with Crippen molar-refractivity contribution in [3.05, 3.63) is 52.0 Å². The Hall–Kier alpha value is -2.20. The highest BCUT2D eigenvalue weighted by molar-refractivity contribution is 6.33. The lowest BCUT2D eigenvalue weighted by Gasteiger charge is -2.14. The van der Waals surface area contributed by atoms with Crippen LogP contribution in [0.15, 0.2) is 30.3 Å². The number of halogens is 1. The molecule has 2 rings (SSSR count). The number of ether oxygens (including phenoxy) is 1. The fraction of sp³-hybridized carbons (Fsp3) is 0.133. The number of nitrogen functional groups attached to an aromatic ring is 1. The number of anilines is 1. The molecule has 0 atom stereocenters. The van der Waals surface area contributed by atoms with Crippen molar-refractivity contribution in [2.45, 2.75) is 13.8 Å². The summed E-state index contributed by atoms with van der Waals surface area (Å²) in [4.78, 5) is 11.5. The highest BCUT2D eigenvalue weighted by atomic mass is 35.5. The van der Waals surface area contributed by atoms with Crippen LogP contribution in [-0.2, 0) is 0 Å². The average Bonchev–Trinajstić information content (AvgIpc) is 2.36. The van der Waals surface area contributed by atoms with Gasteiger partial charge in [-0.1, -0.05) is 23.7 Å². The summed E-state index contributed by atoms with van der Waals surface area (Å²) in [5.41, 5.74) is 13.5. The molecule has 1 amide bonds. The molecule has 0 radical (unpaired) electrons. The number of hydrogen-bond donors (Lipinski definition) is 2. The first-order valence-electron chi connectivity index (χ1n) is 6.02. The molecule has 0 aliphatic carbocycles. The lowest BCUT2D eigenvalue weighted by atomic mass is 10.1. The predicted octanol–water partition coefficient (Wildman–Crippen LogP) is 3.43. The summed E-state index contributed by atoms with van der Waals surface area (Å²) in [5.74, 6) is 0.209. The smallest absolute Gasteiger partial charge is 0.252 e. The molecule has 0 fully saturated rings. The Balaban J connectivity index is 2.53. The predicted molar refractivity (Wildman–Crippen MR) is 80.4 cm³/mol. The number of amides is 1. The van der Waals surface area contributed by atoms with E-state index in [9.17, 15) is 4.79 Å². The maximum atomic E-state index is 11.5. The zero-order chi connectivity index (χ0) is 14.9. The lowest BCUT2D eigenvalue weighted by molar-refractivity contribution is 0.0998. The van der Waals surface area contributed by atoms with E-state index in [0.29, 0.717) is 11.4 Å². The molecule has 0 aliphatic heterocycles. The van der Waals surface area contributed by atoms with Gasteiger partial charge in [0.25, 0.3) is 5.91 Å². The molecule has 0 saturated carbocycles. The summed E-state index contributed by atoms with van der Waals surface area (Å²) in [5, 5.41) is 0.250. The van der Waals surface area contributed by atoms with Crippen LogP contribution in [0.5, 0.6) is 11.5 Å². The molecule has 4 N–H and O–H groups in total. The van der Waals surface area contributed by atoms with Gasteiger partial charge < -0.3 is 16.2 Å². The summed E-state index contributed by atoms with van der Waals surface area (Å²) in [6.45, 7) is 3.86. The second-order valence-corrected chi connectivity index (χ2v) is 5.02. The van der Waals surface area contributed by atoms with E-state index in [0.717, 1.165) is 11.1 Å². The average molecular weight is 291 g/mol. The van der Waals surface area contributed by atoms with E-state index >= 15 is 0 Å². The first kappa shape index (κ1) is 14.2. The molecule has 0 unspecified atom stereocenters. The molecule has 104 valence electrons. The van der Waals surface area contributed by atoms with E-state index in [4.69, 9.17) is 27.8 Å². The largest absolute Gasteiger partial charge is 0.455 e. The van der Waals surface area contributed by atoms with Gasteiger partial charge in [0.2, 0.25) is 0 Å². The fourth-order valence-electron chi connectivity index (χ4n) is 1.83. The molecule has 0 aliphatic rings. The SMILES string of the molecule is Cc1ccc(C)c(Oc2c(Cl)cc(N)cc2C(N)=O)c1. The molecule has 0 spiro atoms. The van der Waals surface area contributed by atoms with Gasteiger partial charge in [-0.3, -0.25) is 4.79 Å². The van der Waals surface area contributed by atoms with Gasteiger partial charge in [0, 0.05) is 5.69 Å². The second-order valence-electron chi connectivity index (χ2n) is 4.61. The van der Waals surface area contributed by atoms with Crippen molar-refractivity contribution in [3.8, 4) is 11.5 Å². The fourth-order valence-corrected chi connectivity index (χ4v) is 2.09. The van der Waals surface area contributed by atoms with E-state index in [1.165, 1.54) is 12.1 Å². The van der Waals surface area contributed by atoms with Gasteiger partial charge in [0.1, 0.15) is 5.75 Å². The zero-order valence-corrected chi connectivity index (χ0v) is 12.0. The van der Waals surface area contributed by atoms with Crippen molar-refractivity contribution < 1.29 is 9.53 Å². The Labute approximate surface area is 122 Å². The Bertz CT molecular complexity index is 684. The van der Waals surface area contributed by atoms with Crippen molar-refractivity contribution in [1.82, 2.24) is 0 Å². The molecule has 0 aromatic heterocycles. The lowest BCUT2D eigenvalue weighted by Crippen LogP contribution is -2.13. The summed E-state index contributed by atoms with van der Waals surface area (Å²) in [6.07, 6.45) is 0. The number of carbonyl (C=O) groups excluding carboxylic acids is 1. The number of aryl methyl sites for hydroxylation is 2. The van der Waals surface area contributed by atoms with Crippen LogP contribution in [0.3, 0.4) is 0 Å². The van der Waals surface area contributed by atoms with Gasteiger partial charge in [0.05, 0.1) is 10.6 Å². The van der Waals surface area contributed by atoms with Gasteiger partial charge in [-0.15, -0.1) is 0 Å². The summed E-state index contributed by atoms with van der Waals surface area (Å²) in [7, 11) is 0. The summed E-state index contributed by atoms with van der Waals surface area (Å²) < 4.78 is 5.78. The summed E-state index contributed by atoms with van der Waals surface area (Å²) in [6, 6.07) is 8.75. The summed E-state index contributed by atoms with van der Waals surface area (Å²) >= 11 is 6.11. The number of benzene rings is 2.